The van der Waals surface area contributed by atoms with Crippen LogP contribution in [0, 0.1) is 39.7 Å². The molecule has 0 spiro atoms. The summed E-state index contributed by atoms with van der Waals surface area (Å²) in [4.78, 5) is 21.9. The average Bonchev–Trinajstić information content (AvgIpc) is 3.15. The van der Waals surface area contributed by atoms with Gasteiger partial charge in [0, 0.05) is 30.7 Å². The fraction of sp³-hybridized carbons (Fsp3) is 0.471. The third-order valence-corrected chi connectivity index (χ3v) is 4.57. The molecular formula is C17H18N2O4. The molecule has 3 rings (SSSR count). The van der Waals surface area contributed by atoms with Crippen molar-refractivity contribution in [2.45, 2.75) is 25.7 Å². The lowest BCUT2D eigenvalue weighted by Gasteiger charge is -2.06. The van der Waals surface area contributed by atoms with Gasteiger partial charge in [-0.05, 0) is 42.7 Å². The number of rotatable bonds is 4. The molecule has 6 heteroatoms. The molecule has 1 amide bonds. The third-order valence-electron chi connectivity index (χ3n) is 4.57. The van der Waals surface area contributed by atoms with Crippen molar-refractivity contribution in [2.24, 2.45) is 17.8 Å². The molecule has 0 bridgehead atoms. The molecule has 2 atom stereocenters. The molecule has 2 unspecified atom stereocenters. The van der Waals surface area contributed by atoms with Crippen LogP contribution < -0.4 is 5.32 Å². The molecule has 2 aliphatic rings. The second-order valence-electron chi connectivity index (χ2n) is 5.95. The van der Waals surface area contributed by atoms with Crippen LogP contribution in [-0.2, 0) is 4.74 Å². The molecule has 0 aliphatic heterocycles. The minimum atomic E-state index is -0.519. The van der Waals surface area contributed by atoms with Crippen molar-refractivity contribution in [1.82, 2.24) is 0 Å². The van der Waals surface area contributed by atoms with Gasteiger partial charge in [-0.2, -0.15) is 0 Å². The zero-order valence-electron chi connectivity index (χ0n) is 12.7. The van der Waals surface area contributed by atoms with Crippen LogP contribution in [0.3, 0.4) is 0 Å². The number of ether oxygens (including phenoxy) is 1. The van der Waals surface area contributed by atoms with E-state index < -0.39 is 11.0 Å². The van der Waals surface area contributed by atoms with Crippen LogP contribution in [0.25, 0.3) is 0 Å². The van der Waals surface area contributed by atoms with E-state index in [1.807, 2.05) is 0 Å². The van der Waals surface area contributed by atoms with Gasteiger partial charge < -0.3 is 4.74 Å². The largest absolute Gasteiger partial charge is 0.449 e. The molecule has 2 aliphatic carbocycles. The Balaban J connectivity index is 1.44. The van der Waals surface area contributed by atoms with Gasteiger partial charge in [-0.3, -0.25) is 15.4 Å². The lowest BCUT2D eigenvalue weighted by atomic mass is 10.1. The summed E-state index contributed by atoms with van der Waals surface area (Å²) < 4.78 is 5.30. The first-order valence-electron chi connectivity index (χ1n) is 7.79. The monoisotopic (exact) mass is 314 g/mol. The molecule has 23 heavy (non-hydrogen) atoms. The maximum atomic E-state index is 11.8. The summed E-state index contributed by atoms with van der Waals surface area (Å²) in [5.41, 5.74) is 0.469. The Labute approximate surface area is 134 Å². The molecule has 1 aromatic rings. The van der Waals surface area contributed by atoms with Gasteiger partial charge in [-0.1, -0.05) is 0 Å². The number of amides is 1. The van der Waals surface area contributed by atoms with Crippen LogP contribution in [0.4, 0.5) is 16.2 Å². The average molecular weight is 314 g/mol. The molecule has 120 valence electrons. The quantitative estimate of drug-likeness (QED) is 0.523. The molecule has 0 radical (unpaired) electrons. The number of hydrogen-bond donors (Lipinski definition) is 1. The molecule has 0 saturated heterocycles. The Morgan fingerprint density at radius 3 is 2.39 bits per heavy atom. The number of nitro benzene ring substituents is 1. The highest BCUT2D eigenvalue weighted by atomic mass is 16.6. The highest BCUT2D eigenvalue weighted by Gasteiger charge is 2.49. The summed E-state index contributed by atoms with van der Waals surface area (Å²) in [7, 11) is 0. The number of anilines is 1. The number of nitrogens with zero attached hydrogens (tertiary/aromatic N) is 1. The smallest absolute Gasteiger partial charge is 0.411 e. The first-order chi connectivity index (χ1) is 11.1. The highest BCUT2D eigenvalue weighted by Crippen LogP contribution is 2.52. The Kier molecular flexibility index (Phi) is 4.47. The Bertz CT molecular complexity index is 641. The number of carbonyl (C=O) groups excluding carboxylic acids is 1. The fourth-order valence-corrected chi connectivity index (χ4v) is 3.27. The molecule has 1 N–H and O–H groups in total. The van der Waals surface area contributed by atoms with Gasteiger partial charge in [0.2, 0.25) is 0 Å². The van der Waals surface area contributed by atoms with E-state index in [1.165, 1.54) is 24.3 Å². The second-order valence-corrected chi connectivity index (χ2v) is 5.95. The number of carbonyl (C=O) groups is 1. The Hall–Kier alpha value is -2.55. The lowest BCUT2D eigenvalue weighted by Crippen LogP contribution is -2.15. The van der Waals surface area contributed by atoms with E-state index in [4.69, 9.17) is 4.74 Å². The molecule has 1 fully saturated rings. The van der Waals surface area contributed by atoms with Crippen molar-refractivity contribution in [3.63, 3.8) is 0 Å². The fourth-order valence-electron chi connectivity index (χ4n) is 3.27. The lowest BCUT2D eigenvalue weighted by molar-refractivity contribution is -0.384. The molecule has 1 saturated carbocycles. The van der Waals surface area contributed by atoms with Crippen molar-refractivity contribution in [3.8, 4) is 11.8 Å². The van der Waals surface area contributed by atoms with Crippen LogP contribution in [-0.4, -0.2) is 17.6 Å². The van der Waals surface area contributed by atoms with Crippen molar-refractivity contribution in [3.05, 3.63) is 34.4 Å². The molecule has 6 nitrogen and oxygen atoms in total. The second kappa shape index (κ2) is 6.69. The van der Waals surface area contributed by atoms with Crippen LogP contribution >= 0.6 is 0 Å². The van der Waals surface area contributed by atoms with Gasteiger partial charge in [0.1, 0.15) is 0 Å². The third kappa shape index (κ3) is 3.81. The Morgan fingerprint density at radius 2 is 1.83 bits per heavy atom. The summed E-state index contributed by atoms with van der Waals surface area (Å²) in [6.45, 7) is 0.425. The van der Waals surface area contributed by atoms with Gasteiger partial charge in [0.15, 0.2) is 0 Å². The number of nitro groups is 1. The predicted octanol–water partition coefficient (Wildman–Crippen LogP) is 3.58. The standard InChI is InChI=1S/C17H18N2O4/c20-17(18-12-7-9-13(10-8-12)19(21)22)23-11-16-14-5-3-1-2-4-6-15(14)16/h7-10,14-16H,3-6,11H2,(H,18,20). The van der Waals surface area contributed by atoms with Crippen LogP contribution in [0.2, 0.25) is 0 Å². The summed E-state index contributed by atoms with van der Waals surface area (Å²) in [5.74, 6) is 8.03. The van der Waals surface area contributed by atoms with Gasteiger partial charge in [-0.25, -0.2) is 4.79 Å². The zero-order valence-corrected chi connectivity index (χ0v) is 12.7. The first kappa shape index (κ1) is 15.3. The van der Waals surface area contributed by atoms with Crippen molar-refractivity contribution in [1.29, 1.82) is 0 Å². The maximum Gasteiger partial charge on any atom is 0.411 e. The minimum Gasteiger partial charge on any atom is -0.449 e. The molecule has 1 aromatic carbocycles. The summed E-state index contributed by atoms with van der Waals surface area (Å²) in [5, 5.41) is 13.2. The van der Waals surface area contributed by atoms with E-state index in [2.05, 4.69) is 17.2 Å². The van der Waals surface area contributed by atoms with Crippen LogP contribution in [0.1, 0.15) is 25.7 Å². The number of fused-ring (bicyclic) bond motifs is 1. The van der Waals surface area contributed by atoms with Gasteiger partial charge >= 0.3 is 6.09 Å². The predicted molar refractivity (Wildman–Crippen MR) is 84.8 cm³/mol. The van der Waals surface area contributed by atoms with Gasteiger partial charge in [-0.15, -0.1) is 11.8 Å². The summed E-state index contributed by atoms with van der Waals surface area (Å²) >= 11 is 0. The van der Waals surface area contributed by atoms with Gasteiger partial charge in [0.25, 0.3) is 5.69 Å². The van der Waals surface area contributed by atoms with Gasteiger partial charge in [0.05, 0.1) is 11.5 Å². The zero-order chi connectivity index (χ0) is 16.2. The van der Waals surface area contributed by atoms with E-state index in [9.17, 15) is 14.9 Å². The SMILES string of the molecule is O=C(Nc1ccc([N+](=O)[O-])cc1)OCC1C2CCC#CCCC21. The number of non-ortho nitro benzene ring substituents is 1. The van der Waals surface area contributed by atoms with Crippen LogP contribution in [0.5, 0.6) is 0 Å². The van der Waals surface area contributed by atoms with E-state index >= 15 is 0 Å². The van der Waals surface area contributed by atoms with Crippen molar-refractivity contribution in [2.75, 3.05) is 11.9 Å². The Morgan fingerprint density at radius 1 is 1.22 bits per heavy atom. The van der Waals surface area contributed by atoms with E-state index in [-0.39, 0.29) is 5.69 Å². The van der Waals surface area contributed by atoms with E-state index in [0.29, 0.717) is 30.0 Å². The number of benzene rings is 1. The normalized spacial score (nSPS) is 25.0. The van der Waals surface area contributed by atoms with E-state index in [0.717, 1.165) is 25.7 Å². The maximum absolute atomic E-state index is 11.8. The number of nitrogens with one attached hydrogen (secondary N) is 1. The van der Waals surface area contributed by atoms with Crippen molar-refractivity contribution < 1.29 is 14.5 Å². The summed E-state index contributed by atoms with van der Waals surface area (Å²) in [6, 6.07) is 5.67. The molecule has 0 aromatic heterocycles. The molecule has 0 heterocycles. The van der Waals surface area contributed by atoms with Crippen LogP contribution in [0.15, 0.2) is 24.3 Å². The topological polar surface area (TPSA) is 81.5 Å². The minimum absolute atomic E-state index is 0.0136. The van der Waals surface area contributed by atoms with E-state index in [1.54, 1.807) is 0 Å². The summed E-state index contributed by atoms with van der Waals surface area (Å²) in [6.07, 6.45) is 3.54. The highest BCUT2D eigenvalue weighted by molar-refractivity contribution is 5.84. The first-order valence-corrected chi connectivity index (χ1v) is 7.79. The molecular weight excluding hydrogens is 296 g/mol. The van der Waals surface area contributed by atoms with Crippen molar-refractivity contribution >= 4 is 17.5 Å². The number of hydrogen-bond acceptors (Lipinski definition) is 4.